The summed E-state index contributed by atoms with van der Waals surface area (Å²) in [6.07, 6.45) is 1.11. The first-order chi connectivity index (χ1) is 18.5. The molecule has 0 fully saturated rings. The van der Waals surface area contributed by atoms with Crippen LogP contribution in [0.5, 0.6) is 0 Å². The monoisotopic (exact) mass is 570 g/mol. The summed E-state index contributed by atoms with van der Waals surface area (Å²) in [4.78, 5) is 66.8. The topological polar surface area (TPSA) is 244 Å². The summed E-state index contributed by atoms with van der Waals surface area (Å²) in [6, 6.07) is -4.99. The molecule has 0 aromatic heterocycles. The Morgan fingerprint density at radius 2 is 1.27 bits per heavy atom. The fourth-order valence-electron chi connectivity index (χ4n) is 3.81. The molecule has 0 saturated carbocycles. The van der Waals surface area contributed by atoms with Crippen molar-refractivity contribution in [1.82, 2.24) is 21.3 Å². The minimum absolute atomic E-state index is 0.00773. The first kappa shape index (κ1) is 36.6. The van der Waals surface area contributed by atoms with Crippen LogP contribution in [-0.4, -0.2) is 77.4 Å². The van der Waals surface area contributed by atoms with Gasteiger partial charge < -0.3 is 43.6 Å². The highest BCUT2D eigenvalue weighted by molar-refractivity contribution is 5.95. The van der Waals surface area contributed by atoms with E-state index in [1.54, 1.807) is 13.8 Å². The van der Waals surface area contributed by atoms with Crippen molar-refractivity contribution in [3.05, 3.63) is 0 Å². The molecule has 0 spiro atoms. The average Bonchev–Trinajstić information content (AvgIpc) is 2.81. The molecule has 5 atom stereocenters. The van der Waals surface area contributed by atoms with Gasteiger partial charge in [-0.05, 0) is 50.4 Å². The van der Waals surface area contributed by atoms with Crippen LogP contribution in [0.15, 0.2) is 4.99 Å². The number of carboxylic acid groups (broad SMARTS) is 1. The number of carbonyl (C=O) groups is 5. The zero-order chi connectivity index (χ0) is 31.2. The van der Waals surface area contributed by atoms with Crippen LogP contribution in [-0.2, 0) is 24.0 Å². The Hall–Kier alpha value is -3.42. The highest BCUT2D eigenvalue weighted by Crippen LogP contribution is 2.10. The lowest BCUT2D eigenvalue weighted by Crippen LogP contribution is -2.59. The van der Waals surface area contributed by atoms with Crippen LogP contribution in [0, 0.1) is 17.8 Å². The molecule has 0 aliphatic carbocycles. The van der Waals surface area contributed by atoms with Crippen molar-refractivity contribution in [3.8, 4) is 0 Å². The number of carbonyl (C=O) groups excluding carboxylic acids is 4. The zero-order valence-electron chi connectivity index (χ0n) is 24.8. The Bertz CT molecular complexity index is 888. The number of guanidine groups is 1. The van der Waals surface area contributed by atoms with Crippen molar-refractivity contribution in [2.45, 2.75) is 104 Å². The third-order valence-electron chi connectivity index (χ3n) is 5.96. The highest BCUT2D eigenvalue weighted by Gasteiger charge is 2.32. The molecule has 40 heavy (non-hydrogen) atoms. The Kier molecular flexibility index (Phi) is 16.5. The molecular weight excluding hydrogens is 520 g/mol. The Morgan fingerprint density at radius 1 is 0.725 bits per heavy atom. The normalized spacial score (nSPS) is 15.0. The van der Waals surface area contributed by atoms with E-state index in [9.17, 15) is 29.1 Å². The number of carboxylic acids is 1. The first-order valence-corrected chi connectivity index (χ1v) is 13.7. The number of nitrogens with zero attached hydrogens (tertiary/aromatic N) is 1. The molecule has 0 radical (unpaired) electrons. The van der Waals surface area contributed by atoms with E-state index in [2.05, 4.69) is 26.3 Å². The molecule has 0 heterocycles. The second kappa shape index (κ2) is 18.0. The number of nitrogens with one attached hydrogen (secondary N) is 4. The number of hydrogen-bond acceptors (Lipinski definition) is 7. The van der Waals surface area contributed by atoms with Gasteiger partial charge in [0.05, 0.1) is 6.04 Å². The van der Waals surface area contributed by atoms with Crippen LogP contribution in [0.2, 0.25) is 0 Å². The van der Waals surface area contributed by atoms with E-state index in [1.165, 1.54) is 6.92 Å². The Morgan fingerprint density at radius 3 is 1.75 bits per heavy atom. The Labute approximate surface area is 237 Å². The third kappa shape index (κ3) is 14.7. The van der Waals surface area contributed by atoms with Crippen LogP contribution < -0.4 is 38.5 Å². The van der Waals surface area contributed by atoms with Gasteiger partial charge in [0.2, 0.25) is 23.6 Å². The third-order valence-corrected chi connectivity index (χ3v) is 5.96. The summed E-state index contributed by atoms with van der Waals surface area (Å²) in [6.45, 7) is 12.8. The van der Waals surface area contributed by atoms with E-state index in [4.69, 9.17) is 17.2 Å². The molecule has 0 bridgehead atoms. The maximum Gasteiger partial charge on any atom is 0.326 e. The molecule has 0 aliphatic heterocycles. The predicted molar refractivity (Wildman–Crippen MR) is 153 cm³/mol. The number of hydrogen-bond donors (Lipinski definition) is 8. The molecular formula is C26H50N8O6. The van der Waals surface area contributed by atoms with Crippen molar-refractivity contribution in [2.24, 2.45) is 39.9 Å². The van der Waals surface area contributed by atoms with Crippen LogP contribution in [0.1, 0.15) is 74.1 Å². The van der Waals surface area contributed by atoms with Gasteiger partial charge >= 0.3 is 5.97 Å². The first-order valence-electron chi connectivity index (χ1n) is 13.7. The minimum Gasteiger partial charge on any atom is -0.480 e. The van der Waals surface area contributed by atoms with E-state index in [-0.39, 0.29) is 43.1 Å². The number of aliphatic imine (C=N–C) groups is 1. The van der Waals surface area contributed by atoms with Gasteiger partial charge in [-0.3, -0.25) is 24.2 Å². The fourth-order valence-corrected chi connectivity index (χ4v) is 3.81. The van der Waals surface area contributed by atoms with Crippen LogP contribution in [0.25, 0.3) is 0 Å². The van der Waals surface area contributed by atoms with Gasteiger partial charge in [-0.15, -0.1) is 0 Å². The van der Waals surface area contributed by atoms with Crippen LogP contribution in [0.4, 0.5) is 0 Å². The molecule has 14 nitrogen and oxygen atoms in total. The van der Waals surface area contributed by atoms with Crippen molar-refractivity contribution in [1.29, 1.82) is 0 Å². The van der Waals surface area contributed by atoms with E-state index in [0.29, 0.717) is 12.8 Å². The smallest absolute Gasteiger partial charge is 0.326 e. The lowest BCUT2D eigenvalue weighted by molar-refractivity contribution is -0.142. The summed E-state index contributed by atoms with van der Waals surface area (Å²) in [5, 5.41) is 19.8. The molecule has 14 heteroatoms. The standard InChI is InChI=1S/C26H50N8O6/c1-13(2)11-17(27)22(36)34-20(15(5)6)24(38)33-19(12-14(3)4)23(37)31-16(7)21(35)32-18(25(39)40)9-8-10-30-26(28)29/h13-20H,8-12,27H2,1-7H3,(H,31,37)(H,32,35)(H,33,38)(H,34,36)(H,39,40)(H4,28,29,30)/t16-,17-,18-,19-,20-/m0/s1. The number of nitrogens with two attached hydrogens (primary N) is 3. The van der Waals surface area contributed by atoms with Crippen molar-refractivity contribution >= 4 is 35.6 Å². The van der Waals surface area contributed by atoms with Crippen molar-refractivity contribution < 1.29 is 29.1 Å². The molecule has 0 saturated heterocycles. The molecule has 0 aliphatic rings. The van der Waals surface area contributed by atoms with E-state index in [1.807, 2.05) is 27.7 Å². The number of aliphatic carboxylic acids is 1. The maximum atomic E-state index is 13.2. The summed E-state index contributed by atoms with van der Waals surface area (Å²) in [5.74, 6) is -3.77. The van der Waals surface area contributed by atoms with Gasteiger partial charge in [0.25, 0.3) is 0 Å². The van der Waals surface area contributed by atoms with Gasteiger partial charge in [-0.1, -0.05) is 41.5 Å². The highest BCUT2D eigenvalue weighted by atomic mass is 16.4. The molecule has 0 rings (SSSR count). The number of rotatable bonds is 18. The van der Waals surface area contributed by atoms with Crippen LogP contribution in [0.3, 0.4) is 0 Å². The fraction of sp³-hybridized carbons (Fsp3) is 0.769. The molecule has 11 N–H and O–H groups in total. The second-order valence-corrected chi connectivity index (χ2v) is 11.2. The van der Waals surface area contributed by atoms with Crippen molar-refractivity contribution in [2.75, 3.05) is 6.54 Å². The van der Waals surface area contributed by atoms with E-state index >= 15 is 0 Å². The van der Waals surface area contributed by atoms with Gasteiger partial charge in [0.1, 0.15) is 24.2 Å². The second-order valence-electron chi connectivity index (χ2n) is 11.2. The SMILES string of the molecule is CC(C)C[C@H](NC(=O)[C@@H](NC(=O)[C@@H](N)CC(C)C)C(C)C)C(=O)N[C@@H](C)C(=O)N[C@@H](CCCN=C(N)N)C(=O)O. The summed E-state index contributed by atoms with van der Waals surface area (Å²) in [5.41, 5.74) is 16.5. The van der Waals surface area contributed by atoms with Crippen molar-refractivity contribution in [3.63, 3.8) is 0 Å². The van der Waals surface area contributed by atoms with E-state index < -0.39 is 59.8 Å². The van der Waals surface area contributed by atoms with Gasteiger partial charge in [-0.2, -0.15) is 0 Å². The summed E-state index contributed by atoms with van der Waals surface area (Å²) < 4.78 is 0. The number of amides is 4. The van der Waals surface area contributed by atoms with Gasteiger partial charge in [0, 0.05) is 6.54 Å². The zero-order valence-corrected chi connectivity index (χ0v) is 24.8. The lowest BCUT2D eigenvalue weighted by atomic mass is 9.98. The average molecular weight is 571 g/mol. The maximum absolute atomic E-state index is 13.2. The predicted octanol–water partition coefficient (Wildman–Crippen LogP) is -0.841. The molecule has 4 amide bonds. The van der Waals surface area contributed by atoms with Gasteiger partial charge in [-0.25, -0.2) is 4.79 Å². The van der Waals surface area contributed by atoms with E-state index in [0.717, 1.165) is 0 Å². The molecule has 0 aromatic carbocycles. The quantitative estimate of drug-likeness (QED) is 0.0580. The summed E-state index contributed by atoms with van der Waals surface area (Å²) in [7, 11) is 0. The Balaban J connectivity index is 5.38. The summed E-state index contributed by atoms with van der Waals surface area (Å²) >= 11 is 0. The molecule has 230 valence electrons. The molecule has 0 unspecified atom stereocenters. The lowest BCUT2D eigenvalue weighted by Gasteiger charge is -2.28. The van der Waals surface area contributed by atoms with Crippen LogP contribution >= 0.6 is 0 Å². The molecule has 0 aromatic rings. The van der Waals surface area contributed by atoms with Gasteiger partial charge in [0.15, 0.2) is 5.96 Å². The minimum atomic E-state index is -1.24. The largest absolute Gasteiger partial charge is 0.480 e.